The number of halogens is 1. The molecule has 0 saturated carbocycles. The third-order valence-corrected chi connectivity index (χ3v) is 3.89. The Morgan fingerprint density at radius 1 is 1.37 bits per heavy atom. The van der Waals surface area contributed by atoms with Gasteiger partial charge in [-0.2, -0.15) is 0 Å². The summed E-state index contributed by atoms with van der Waals surface area (Å²) in [4.78, 5) is 12.2. The smallest absolute Gasteiger partial charge is 0.223 e. The molecule has 1 aliphatic rings. The summed E-state index contributed by atoms with van der Waals surface area (Å²) in [5.74, 6) is 0.303. The van der Waals surface area contributed by atoms with Crippen molar-refractivity contribution >= 4 is 17.5 Å². The summed E-state index contributed by atoms with van der Waals surface area (Å²) in [5, 5.41) is 3.88. The van der Waals surface area contributed by atoms with E-state index < -0.39 is 0 Å². The molecule has 2 unspecified atom stereocenters. The minimum atomic E-state index is 0.0793. The molecule has 0 aromatic heterocycles. The molecule has 0 bridgehead atoms. The van der Waals surface area contributed by atoms with E-state index in [4.69, 9.17) is 11.6 Å². The molecule has 1 aliphatic carbocycles. The molecule has 1 amide bonds. The Morgan fingerprint density at radius 2 is 2.11 bits per heavy atom. The van der Waals surface area contributed by atoms with Crippen molar-refractivity contribution in [2.45, 2.75) is 38.6 Å². The highest BCUT2D eigenvalue weighted by Crippen LogP contribution is 2.22. The van der Waals surface area contributed by atoms with E-state index >= 15 is 0 Å². The van der Waals surface area contributed by atoms with E-state index in [-0.39, 0.29) is 17.9 Å². The van der Waals surface area contributed by atoms with Crippen LogP contribution in [0.15, 0.2) is 36.4 Å². The third kappa shape index (κ3) is 3.84. The van der Waals surface area contributed by atoms with Gasteiger partial charge in [0, 0.05) is 10.9 Å². The molecule has 19 heavy (non-hydrogen) atoms. The van der Waals surface area contributed by atoms with E-state index in [1.807, 2.05) is 24.3 Å². The topological polar surface area (TPSA) is 29.1 Å². The molecule has 2 atom stereocenters. The molecule has 2 nitrogen and oxygen atoms in total. The highest BCUT2D eigenvalue weighted by Gasteiger charge is 2.21. The molecule has 1 aromatic carbocycles. The number of rotatable bonds is 4. The Bertz CT molecular complexity index is 452. The number of hydrogen-bond acceptors (Lipinski definition) is 1. The van der Waals surface area contributed by atoms with Gasteiger partial charge in [-0.25, -0.2) is 0 Å². The first-order valence-corrected chi connectivity index (χ1v) is 7.29. The van der Waals surface area contributed by atoms with E-state index in [9.17, 15) is 4.79 Å². The zero-order valence-electron chi connectivity index (χ0n) is 11.2. The number of benzene rings is 1. The standard InChI is InChI=1S/C16H20ClNO/c1-2-15(12-8-10-14(17)11-9-12)18-16(19)13-6-4-3-5-7-13/h3-4,8-11,13,15H,2,5-7H2,1H3,(H,18,19). The molecule has 0 aliphatic heterocycles. The van der Waals surface area contributed by atoms with Gasteiger partial charge in [-0.1, -0.05) is 42.8 Å². The van der Waals surface area contributed by atoms with Crippen LogP contribution in [0.3, 0.4) is 0 Å². The van der Waals surface area contributed by atoms with Gasteiger partial charge in [0.25, 0.3) is 0 Å². The minimum absolute atomic E-state index is 0.0793. The lowest BCUT2D eigenvalue weighted by Gasteiger charge is -2.22. The van der Waals surface area contributed by atoms with Crippen LogP contribution in [0.1, 0.15) is 44.2 Å². The highest BCUT2D eigenvalue weighted by atomic mass is 35.5. The average Bonchev–Trinajstić information content (AvgIpc) is 2.46. The van der Waals surface area contributed by atoms with E-state index in [0.29, 0.717) is 0 Å². The molecule has 2 rings (SSSR count). The Balaban J connectivity index is 2.00. The van der Waals surface area contributed by atoms with Gasteiger partial charge in [-0.3, -0.25) is 4.79 Å². The molecule has 0 spiro atoms. The summed E-state index contributed by atoms with van der Waals surface area (Å²) in [6, 6.07) is 7.79. The summed E-state index contributed by atoms with van der Waals surface area (Å²) in [6.07, 6.45) is 7.98. The summed E-state index contributed by atoms with van der Waals surface area (Å²) in [5.41, 5.74) is 1.12. The summed E-state index contributed by atoms with van der Waals surface area (Å²) in [7, 11) is 0. The monoisotopic (exact) mass is 277 g/mol. The van der Waals surface area contributed by atoms with E-state index in [2.05, 4.69) is 24.4 Å². The van der Waals surface area contributed by atoms with Crippen LogP contribution in [-0.2, 0) is 4.79 Å². The number of carbonyl (C=O) groups is 1. The zero-order chi connectivity index (χ0) is 13.7. The quantitative estimate of drug-likeness (QED) is 0.819. The number of amides is 1. The highest BCUT2D eigenvalue weighted by molar-refractivity contribution is 6.30. The van der Waals surface area contributed by atoms with Gasteiger partial charge in [-0.15, -0.1) is 0 Å². The van der Waals surface area contributed by atoms with Crippen molar-refractivity contribution in [2.24, 2.45) is 5.92 Å². The lowest BCUT2D eigenvalue weighted by Crippen LogP contribution is -2.34. The van der Waals surface area contributed by atoms with Crippen LogP contribution in [0.4, 0.5) is 0 Å². The summed E-state index contributed by atoms with van der Waals surface area (Å²) >= 11 is 5.89. The third-order valence-electron chi connectivity index (χ3n) is 3.64. The number of hydrogen-bond donors (Lipinski definition) is 1. The second-order valence-electron chi connectivity index (χ2n) is 5.00. The van der Waals surface area contributed by atoms with Crippen LogP contribution >= 0.6 is 11.6 Å². The number of carbonyl (C=O) groups excluding carboxylic acids is 1. The van der Waals surface area contributed by atoms with Gasteiger partial charge in [-0.05, 0) is 43.4 Å². The second kappa shape index (κ2) is 6.76. The lowest BCUT2D eigenvalue weighted by atomic mass is 9.93. The first-order valence-electron chi connectivity index (χ1n) is 6.91. The molecule has 3 heteroatoms. The second-order valence-corrected chi connectivity index (χ2v) is 5.44. The maximum absolute atomic E-state index is 12.2. The van der Waals surface area contributed by atoms with Gasteiger partial charge >= 0.3 is 0 Å². The van der Waals surface area contributed by atoms with Crippen LogP contribution in [0.2, 0.25) is 5.02 Å². The van der Waals surface area contributed by atoms with Gasteiger partial charge in [0.15, 0.2) is 0 Å². The normalized spacial score (nSPS) is 20.0. The van der Waals surface area contributed by atoms with Gasteiger partial charge < -0.3 is 5.32 Å². The fourth-order valence-corrected chi connectivity index (χ4v) is 2.56. The van der Waals surface area contributed by atoms with Crippen molar-refractivity contribution in [3.63, 3.8) is 0 Å². The first kappa shape index (κ1) is 14.1. The molecular weight excluding hydrogens is 258 g/mol. The molecular formula is C16H20ClNO. The predicted octanol–water partition coefficient (Wildman–Crippen LogP) is 4.26. The van der Waals surface area contributed by atoms with Crippen LogP contribution in [0, 0.1) is 5.92 Å². The predicted molar refractivity (Wildman–Crippen MR) is 79.1 cm³/mol. The Morgan fingerprint density at radius 3 is 2.68 bits per heavy atom. The van der Waals surface area contributed by atoms with Crippen molar-refractivity contribution in [3.05, 3.63) is 47.0 Å². The fraction of sp³-hybridized carbons (Fsp3) is 0.438. The largest absolute Gasteiger partial charge is 0.349 e. The van der Waals surface area contributed by atoms with Crippen LogP contribution < -0.4 is 5.32 Å². The van der Waals surface area contributed by atoms with Gasteiger partial charge in [0.05, 0.1) is 6.04 Å². The molecule has 0 radical (unpaired) electrons. The van der Waals surface area contributed by atoms with Crippen LogP contribution in [-0.4, -0.2) is 5.91 Å². The van der Waals surface area contributed by atoms with Gasteiger partial charge in [0.1, 0.15) is 0 Å². The molecule has 102 valence electrons. The first-order chi connectivity index (χ1) is 9.20. The van der Waals surface area contributed by atoms with Gasteiger partial charge in [0.2, 0.25) is 5.91 Å². The number of allylic oxidation sites excluding steroid dienone is 2. The van der Waals surface area contributed by atoms with Crippen molar-refractivity contribution in [1.82, 2.24) is 5.32 Å². The lowest BCUT2D eigenvalue weighted by molar-refractivity contribution is -0.126. The molecule has 0 fully saturated rings. The van der Waals surface area contributed by atoms with Crippen molar-refractivity contribution in [1.29, 1.82) is 0 Å². The van der Waals surface area contributed by atoms with E-state index in [0.717, 1.165) is 36.3 Å². The zero-order valence-corrected chi connectivity index (χ0v) is 12.0. The number of nitrogens with one attached hydrogen (secondary N) is 1. The molecule has 1 N–H and O–H groups in total. The van der Waals surface area contributed by atoms with Crippen molar-refractivity contribution < 1.29 is 4.79 Å². The summed E-state index contributed by atoms with van der Waals surface area (Å²) < 4.78 is 0. The Labute approximate surface area is 119 Å². The van der Waals surface area contributed by atoms with Crippen molar-refractivity contribution in [3.8, 4) is 0 Å². The molecule has 0 saturated heterocycles. The molecule has 1 aromatic rings. The van der Waals surface area contributed by atoms with Crippen LogP contribution in [0.25, 0.3) is 0 Å². The summed E-state index contributed by atoms with van der Waals surface area (Å²) in [6.45, 7) is 2.08. The Hall–Kier alpha value is -1.28. The minimum Gasteiger partial charge on any atom is -0.349 e. The van der Waals surface area contributed by atoms with E-state index in [1.54, 1.807) is 0 Å². The van der Waals surface area contributed by atoms with Crippen molar-refractivity contribution in [2.75, 3.05) is 0 Å². The fourth-order valence-electron chi connectivity index (χ4n) is 2.44. The maximum Gasteiger partial charge on any atom is 0.223 e. The molecule has 0 heterocycles. The van der Waals surface area contributed by atoms with Crippen LogP contribution in [0.5, 0.6) is 0 Å². The maximum atomic E-state index is 12.2. The average molecular weight is 278 g/mol. The van der Waals surface area contributed by atoms with E-state index in [1.165, 1.54) is 0 Å². The Kier molecular flexibility index (Phi) is 5.03. The SMILES string of the molecule is CCC(NC(=O)C1CC=CCC1)c1ccc(Cl)cc1.